The van der Waals surface area contributed by atoms with E-state index in [1.807, 2.05) is 35.9 Å². The van der Waals surface area contributed by atoms with Gasteiger partial charge in [-0.25, -0.2) is 4.98 Å². The fraction of sp³-hybridized carbons (Fsp3) is 0.200. The zero-order valence-electron chi connectivity index (χ0n) is 11.2. The van der Waals surface area contributed by atoms with Gasteiger partial charge in [0.25, 0.3) is 0 Å². The van der Waals surface area contributed by atoms with Gasteiger partial charge in [0.05, 0.1) is 0 Å². The number of benzene rings is 1. The van der Waals surface area contributed by atoms with Crippen molar-refractivity contribution in [2.45, 2.75) is 13.5 Å². The van der Waals surface area contributed by atoms with Crippen molar-refractivity contribution >= 4 is 23.6 Å². The Kier molecular flexibility index (Phi) is 4.96. The summed E-state index contributed by atoms with van der Waals surface area (Å²) < 4.78 is 1.98. The SMILES string of the molecule is Cc1nccn1CCNC(=O)/C=C/c1ccccc1Cl. The van der Waals surface area contributed by atoms with Crippen molar-refractivity contribution in [2.75, 3.05) is 6.54 Å². The van der Waals surface area contributed by atoms with Gasteiger partial charge in [-0.2, -0.15) is 0 Å². The average Bonchev–Trinajstić information content (AvgIpc) is 2.84. The normalized spacial score (nSPS) is 10.9. The molecule has 2 aromatic rings. The van der Waals surface area contributed by atoms with Gasteiger partial charge in [-0.1, -0.05) is 29.8 Å². The average molecular weight is 290 g/mol. The predicted octanol–water partition coefficient (Wildman–Crippen LogP) is 2.67. The molecule has 0 aliphatic carbocycles. The van der Waals surface area contributed by atoms with E-state index in [1.165, 1.54) is 6.08 Å². The molecule has 0 radical (unpaired) electrons. The quantitative estimate of drug-likeness (QED) is 0.860. The lowest BCUT2D eigenvalue weighted by Gasteiger charge is -2.05. The molecule has 0 aliphatic heterocycles. The Morgan fingerprint density at radius 1 is 1.45 bits per heavy atom. The lowest BCUT2D eigenvalue weighted by Crippen LogP contribution is -2.25. The van der Waals surface area contributed by atoms with Crippen LogP contribution in [0.3, 0.4) is 0 Å². The predicted molar refractivity (Wildman–Crippen MR) is 80.5 cm³/mol. The zero-order valence-corrected chi connectivity index (χ0v) is 12.0. The molecule has 1 aromatic heterocycles. The smallest absolute Gasteiger partial charge is 0.244 e. The highest BCUT2D eigenvalue weighted by Crippen LogP contribution is 2.15. The van der Waals surface area contributed by atoms with E-state index in [0.29, 0.717) is 18.1 Å². The highest BCUT2D eigenvalue weighted by atomic mass is 35.5. The minimum atomic E-state index is -0.136. The number of hydrogen-bond acceptors (Lipinski definition) is 2. The number of imidazole rings is 1. The van der Waals surface area contributed by atoms with E-state index in [0.717, 1.165) is 11.4 Å². The van der Waals surface area contributed by atoms with E-state index in [2.05, 4.69) is 10.3 Å². The number of hydrogen-bond donors (Lipinski definition) is 1. The first-order chi connectivity index (χ1) is 9.66. The molecule has 4 nitrogen and oxygen atoms in total. The van der Waals surface area contributed by atoms with Crippen molar-refractivity contribution in [2.24, 2.45) is 0 Å². The number of aryl methyl sites for hydroxylation is 1. The second-order valence-electron chi connectivity index (χ2n) is 4.31. The van der Waals surface area contributed by atoms with E-state index in [9.17, 15) is 4.79 Å². The molecule has 5 heteroatoms. The molecule has 1 N–H and O–H groups in total. The fourth-order valence-corrected chi connectivity index (χ4v) is 1.97. The summed E-state index contributed by atoms with van der Waals surface area (Å²) in [7, 11) is 0. The molecule has 104 valence electrons. The Labute approximate surface area is 123 Å². The number of amides is 1. The van der Waals surface area contributed by atoms with E-state index in [1.54, 1.807) is 18.3 Å². The third kappa shape index (κ3) is 3.96. The van der Waals surface area contributed by atoms with Gasteiger partial charge in [0.1, 0.15) is 5.82 Å². The van der Waals surface area contributed by atoms with E-state index < -0.39 is 0 Å². The summed E-state index contributed by atoms with van der Waals surface area (Å²) in [5, 5.41) is 3.45. The van der Waals surface area contributed by atoms with Crippen LogP contribution >= 0.6 is 11.6 Å². The topological polar surface area (TPSA) is 46.9 Å². The zero-order chi connectivity index (χ0) is 14.4. The molecular formula is C15H16ClN3O. The van der Waals surface area contributed by atoms with Gasteiger partial charge in [-0.05, 0) is 24.6 Å². The molecule has 1 aromatic carbocycles. The van der Waals surface area contributed by atoms with Crippen molar-refractivity contribution in [1.82, 2.24) is 14.9 Å². The van der Waals surface area contributed by atoms with Crippen LogP contribution in [0.25, 0.3) is 6.08 Å². The maximum absolute atomic E-state index is 11.7. The van der Waals surface area contributed by atoms with Gasteiger partial charge >= 0.3 is 0 Å². The maximum Gasteiger partial charge on any atom is 0.244 e. The van der Waals surface area contributed by atoms with E-state index in [4.69, 9.17) is 11.6 Å². The molecule has 0 unspecified atom stereocenters. The van der Waals surface area contributed by atoms with Gasteiger partial charge in [-0.3, -0.25) is 4.79 Å². The summed E-state index contributed by atoms with van der Waals surface area (Å²) >= 11 is 6.00. The van der Waals surface area contributed by atoms with Crippen LogP contribution in [0.5, 0.6) is 0 Å². The Balaban J connectivity index is 1.81. The number of carbonyl (C=O) groups is 1. The Bertz CT molecular complexity index is 619. The van der Waals surface area contributed by atoms with Gasteiger partial charge in [0, 0.05) is 36.6 Å². The molecule has 0 fully saturated rings. The van der Waals surface area contributed by atoms with Crippen molar-refractivity contribution in [3.8, 4) is 0 Å². The van der Waals surface area contributed by atoms with Crippen molar-refractivity contribution < 1.29 is 4.79 Å². The molecule has 2 rings (SSSR count). The highest BCUT2D eigenvalue weighted by Gasteiger charge is 1.99. The number of nitrogens with zero attached hydrogens (tertiary/aromatic N) is 2. The number of nitrogens with one attached hydrogen (secondary N) is 1. The minimum absolute atomic E-state index is 0.136. The van der Waals surface area contributed by atoms with E-state index in [-0.39, 0.29) is 5.91 Å². The first-order valence-electron chi connectivity index (χ1n) is 6.35. The molecule has 0 saturated carbocycles. The van der Waals surface area contributed by atoms with Crippen LogP contribution in [0.4, 0.5) is 0 Å². The van der Waals surface area contributed by atoms with Gasteiger partial charge in [0.15, 0.2) is 0 Å². The largest absolute Gasteiger partial charge is 0.351 e. The molecule has 0 spiro atoms. The summed E-state index contributed by atoms with van der Waals surface area (Å²) in [6.45, 7) is 3.19. The highest BCUT2D eigenvalue weighted by molar-refractivity contribution is 6.32. The van der Waals surface area contributed by atoms with Crippen LogP contribution in [0.15, 0.2) is 42.7 Å². The Hall–Kier alpha value is -2.07. The molecule has 1 heterocycles. The molecular weight excluding hydrogens is 274 g/mol. The molecule has 20 heavy (non-hydrogen) atoms. The molecule has 1 amide bonds. The molecule has 0 bridgehead atoms. The van der Waals surface area contributed by atoms with Crippen molar-refractivity contribution in [1.29, 1.82) is 0 Å². The van der Waals surface area contributed by atoms with Crippen LogP contribution in [0, 0.1) is 6.92 Å². The van der Waals surface area contributed by atoms with Gasteiger partial charge < -0.3 is 9.88 Å². The summed E-state index contributed by atoms with van der Waals surface area (Å²) in [6.07, 6.45) is 6.83. The Morgan fingerprint density at radius 2 is 2.25 bits per heavy atom. The maximum atomic E-state index is 11.7. The van der Waals surface area contributed by atoms with Gasteiger partial charge in [0.2, 0.25) is 5.91 Å². The minimum Gasteiger partial charge on any atom is -0.351 e. The first-order valence-corrected chi connectivity index (χ1v) is 6.73. The summed E-state index contributed by atoms with van der Waals surface area (Å²) in [6, 6.07) is 7.39. The third-order valence-electron chi connectivity index (χ3n) is 2.90. The van der Waals surface area contributed by atoms with Crippen LogP contribution in [-0.2, 0) is 11.3 Å². The lowest BCUT2D eigenvalue weighted by atomic mass is 10.2. The molecule has 0 atom stereocenters. The van der Waals surface area contributed by atoms with Crippen LogP contribution < -0.4 is 5.32 Å². The number of carbonyl (C=O) groups excluding carboxylic acids is 1. The Morgan fingerprint density at radius 3 is 2.95 bits per heavy atom. The summed E-state index contributed by atoms with van der Waals surface area (Å²) in [4.78, 5) is 15.8. The third-order valence-corrected chi connectivity index (χ3v) is 3.24. The van der Waals surface area contributed by atoms with Gasteiger partial charge in [-0.15, -0.1) is 0 Å². The first kappa shape index (κ1) is 14.3. The molecule has 0 aliphatic rings. The number of rotatable bonds is 5. The second-order valence-corrected chi connectivity index (χ2v) is 4.72. The van der Waals surface area contributed by atoms with Crippen molar-refractivity contribution in [3.63, 3.8) is 0 Å². The fourth-order valence-electron chi connectivity index (χ4n) is 1.77. The van der Waals surface area contributed by atoms with Crippen LogP contribution in [0.2, 0.25) is 5.02 Å². The van der Waals surface area contributed by atoms with E-state index >= 15 is 0 Å². The van der Waals surface area contributed by atoms with Crippen LogP contribution in [-0.4, -0.2) is 22.0 Å². The number of aromatic nitrogens is 2. The molecule has 0 saturated heterocycles. The monoisotopic (exact) mass is 289 g/mol. The summed E-state index contributed by atoms with van der Waals surface area (Å²) in [5.41, 5.74) is 0.828. The van der Waals surface area contributed by atoms with Crippen molar-refractivity contribution in [3.05, 3.63) is 59.1 Å². The van der Waals surface area contributed by atoms with Crippen LogP contribution in [0.1, 0.15) is 11.4 Å². The standard InChI is InChI=1S/C15H16ClN3O/c1-12-17-8-10-19(12)11-9-18-15(20)7-6-13-4-2-3-5-14(13)16/h2-8,10H,9,11H2,1H3,(H,18,20)/b7-6+. The lowest BCUT2D eigenvalue weighted by molar-refractivity contribution is -0.116. The second kappa shape index (κ2) is 6.91. The summed E-state index contributed by atoms with van der Waals surface area (Å²) in [5.74, 6) is 0.800. The number of halogens is 1.